The van der Waals surface area contributed by atoms with E-state index >= 15 is 0 Å². The molecule has 0 spiro atoms. The molecular formula is C10H11N3O2. The first-order valence-corrected chi connectivity index (χ1v) is 4.85. The van der Waals surface area contributed by atoms with E-state index in [0.717, 1.165) is 5.65 Å². The van der Waals surface area contributed by atoms with Crippen molar-refractivity contribution in [3.05, 3.63) is 30.2 Å². The Balaban J connectivity index is 2.11. The van der Waals surface area contributed by atoms with Crippen molar-refractivity contribution in [3.8, 4) is 0 Å². The van der Waals surface area contributed by atoms with Gasteiger partial charge in [-0.3, -0.25) is 0 Å². The third-order valence-corrected chi connectivity index (χ3v) is 2.78. The molecule has 0 aromatic carbocycles. The number of rotatable bonds is 2. The van der Waals surface area contributed by atoms with Gasteiger partial charge in [0, 0.05) is 6.20 Å². The summed E-state index contributed by atoms with van der Waals surface area (Å²) >= 11 is 0. The van der Waals surface area contributed by atoms with E-state index in [9.17, 15) is 5.11 Å². The standard InChI is InChI=1S/C10H11N3O2/c14-5-10(6-15-7-10)9-11-8-3-1-2-4-13(8)12-9/h1-4,14H,5-7H2. The fourth-order valence-electron chi connectivity index (χ4n) is 1.70. The van der Waals surface area contributed by atoms with E-state index in [1.54, 1.807) is 4.52 Å². The summed E-state index contributed by atoms with van der Waals surface area (Å²) in [5.41, 5.74) is 0.415. The maximum absolute atomic E-state index is 9.35. The number of pyridine rings is 1. The van der Waals surface area contributed by atoms with Crippen molar-refractivity contribution in [1.82, 2.24) is 14.6 Å². The zero-order valence-corrected chi connectivity index (χ0v) is 8.13. The summed E-state index contributed by atoms with van der Waals surface area (Å²) in [6, 6.07) is 5.70. The van der Waals surface area contributed by atoms with Crippen LogP contribution in [-0.2, 0) is 10.2 Å². The van der Waals surface area contributed by atoms with Gasteiger partial charge >= 0.3 is 0 Å². The summed E-state index contributed by atoms with van der Waals surface area (Å²) in [6.07, 6.45) is 1.84. The molecule has 0 atom stereocenters. The highest BCUT2D eigenvalue weighted by molar-refractivity contribution is 5.37. The quantitative estimate of drug-likeness (QED) is 0.749. The van der Waals surface area contributed by atoms with Gasteiger partial charge in [0.25, 0.3) is 0 Å². The van der Waals surface area contributed by atoms with Crippen molar-refractivity contribution < 1.29 is 9.84 Å². The van der Waals surface area contributed by atoms with Gasteiger partial charge in [0.05, 0.1) is 19.8 Å². The van der Waals surface area contributed by atoms with E-state index in [1.165, 1.54) is 0 Å². The number of aliphatic hydroxyl groups excluding tert-OH is 1. The molecule has 3 rings (SSSR count). The summed E-state index contributed by atoms with van der Waals surface area (Å²) < 4.78 is 6.84. The number of hydrogen-bond acceptors (Lipinski definition) is 4. The van der Waals surface area contributed by atoms with Gasteiger partial charge in [-0.1, -0.05) is 6.07 Å². The van der Waals surface area contributed by atoms with Gasteiger partial charge in [-0.2, -0.15) is 5.10 Å². The zero-order chi connectivity index (χ0) is 10.3. The molecule has 5 nitrogen and oxygen atoms in total. The van der Waals surface area contributed by atoms with Crippen molar-refractivity contribution >= 4 is 5.65 Å². The van der Waals surface area contributed by atoms with Gasteiger partial charge in [0.15, 0.2) is 11.5 Å². The van der Waals surface area contributed by atoms with Crippen LogP contribution in [0.15, 0.2) is 24.4 Å². The summed E-state index contributed by atoms with van der Waals surface area (Å²) in [5.74, 6) is 0.669. The van der Waals surface area contributed by atoms with Crippen LogP contribution in [0.4, 0.5) is 0 Å². The van der Waals surface area contributed by atoms with Crippen LogP contribution in [0, 0.1) is 0 Å². The van der Waals surface area contributed by atoms with E-state index < -0.39 is 0 Å². The fourth-order valence-corrected chi connectivity index (χ4v) is 1.70. The number of aromatic nitrogens is 3. The first-order valence-electron chi connectivity index (χ1n) is 4.85. The van der Waals surface area contributed by atoms with Gasteiger partial charge in [-0.05, 0) is 12.1 Å². The molecule has 0 saturated carbocycles. The molecule has 0 aliphatic carbocycles. The molecule has 15 heavy (non-hydrogen) atoms. The van der Waals surface area contributed by atoms with Gasteiger partial charge in [-0.15, -0.1) is 0 Å². The molecule has 3 heterocycles. The third-order valence-electron chi connectivity index (χ3n) is 2.78. The van der Waals surface area contributed by atoms with Crippen molar-refractivity contribution in [1.29, 1.82) is 0 Å². The second kappa shape index (κ2) is 3.01. The molecule has 1 aliphatic rings. The summed E-state index contributed by atoms with van der Waals surface area (Å²) in [6.45, 7) is 1.03. The van der Waals surface area contributed by atoms with Crippen LogP contribution < -0.4 is 0 Å². The predicted octanol–water partition coefficient (Wildman–Crippen LogP) is -0.0104. The Bertz CT molecular complexity index is 452. The van der Waals surface area contributed by atoms with Gasteiger partial charge < -0.3 is 9.84 Å². The van der Waals surface area contributed by atoms with Crippen LogP contribution in [0.2, 0.25) is 0 Å². The highest BCUT2D eigenvalue weighted by atomic mass is 16.5. The average molecular weight is 205 g/mol. The number of nitrogens with zero attached hydrogens (tertiary/aromatic N) is 3. The van der Waals surface area contributed by atoms with Crippen molar-refractivity contribution in [2.75, 3.05) is 19.8 Å². The van der Waals surface area contributed by atoms with Crippen LogP contribution in [0.25, 0.3) is 5.65 Å². The first-order chi connectivity index (χ1) is 7.34. The van der Waals surface area contributed by atoms with Crippen LogP contribution in [-0.4, -0.2) is 39.5 Å². The molecule has 2 aromatic heterocycles. The lowest BCUT2D eigenvalue weighted by Crippen LogP contribution is -2.50. The topological polar surface area (TPSA) is 59.7 Å². The van der Waals surface area contributed by atoms with E-state index in [4.69, 9.17) is 4.74 Å². The molecule has 0 amide bonds. The summed E-state index contributed by atoms with van der Waals surface area (Å²) in [7, 11) is 0. The van der Waals surface area contributed by atoms with Crippen molar-refractivity contribution in [2.45, 2.75) is 5.41 Å². The largest absolute Gasteiger partial charge is 0.395 e. The van der Waals surface area contributed by atoms with Gasteiger partial charge in [0.1, 0.15) is 5.41 Å². The number of fused-ring (bicyclic) bond motifs is 1. The van der Waals surface area contributed by atoms with Crippen molar-refractivity contribution in [3.63, 3.8) is 0 Å². The number of ether oxygens (including phenoxy) is 1. The van der Waals surface area contributed by atoms with Crippen molar-refractivity contribution in [2.24, 2.45) is 0 Å². The Kier molecular flexibility index (Phi) is 1.77. The summed E-state index contributed by atoms with van der Waals surface area (Å²) in [4.78, 5) is 4.39. The maximum atomic E-state index is 9.35. The van der Waals surface area contributed by atoms with E-state index in [0.29, 0.717) is 19.0 Å². The molecule has 1 fully saturated rings. The molecule has 1 saturated heterocycles. The minimum atomic E-state index is -0.383. The number of hydrogen-bond donors (Lipinski definition) is 1. The predicted molar refractivity (Wildman–Crippen MR) is 52.6 cm³/mol. The monoisotopic (exact) mass is 205 g/mol. The smallest absolute Gasteiger partial charge is 0.164 e. The third kappa shape index (κ3) is 1.17. The molecule has 5 heteroatoms. The van der Waals surface area contributed by atoms with Crippen LogP contribution in [0.1, 0.15) is 5.82 Å². The number of aliphatic hydroxyl groups is 1. The van der Waals surface area contributed by atoms with E-state index in [2.05, 4.69) is 10.1 Å². The molecular weight excluding hydrogens is 194 g/mol. The van der Waals surface area contributed by atoms with Crippen LogP contribution >= 0.6 is 0 Å². The molecule has 1 aliphatic heterocycles. The van der Waals surface area contributed by atoms with E-state index in [1.807, 2.05) is 24.4 Å². The normalized spacial score (nSPS) is 19.0. The molecule has 2 aromatic rings. The second-order valence-electron chi connectivity index (χ2n) is 3.87. The highest BCUT2D eigenvalue weighted by Crippen LogP contribution is 2.29. The fraction of sp³-hybridized carbons (Fsp3) is 0.400. The lowest BCUT2D eigenvalue weighted by Gasteiger charge is -2.36. The van der Waals surface area contributed by atoms with Gasteiger partial charge in [0.2, 0.25) is 0 Å². The minimum absolute atomic E-state index is 0.0316. The maximum Gasteiger partial charge on any atom is 0.164 e. The van der Waals surface area contributed by atoms with Crippen LogP contribution in [0.3, 0.4) is 0 Å². The SMILES string of the molecule is OCC1(c2nc3ccccn3n2)COC1. The zero-order valence-electron chi connectivity index (χ0n) is 8.13. The lowest BCUT2D eigenvalue weighted by atomic mass is 9.86. The second-order valence-corrected chi connectivity index (χ2v) is 3.87. The Hall–Kier alpha value is -1.46. The van der Waals surface area contributed by atoms with Gasteiger partial charge in [-0.25, -0.2) is 9.50 Å². The highest BCUT2D eigenvalue weighted by Gasteiger charge is 2.43. The Morgan fingerprint density at radius 3 is 2.93 bits per heavy atom. The molecule has 0 bridgehead atoms. The summed E-state index contributed by atoms with van der Waals surface area (Å²) in [5, 5.41) is 13.7. The minimum Gasteiger partial charge on any atom is -0.395 e. The van der Waals surface area contributed by atoms with Crippen LogP contribution in [0.5, 0.6) is 0 Å². The molecule has 0 radical (unpaired) electrons. The molecule has 78 valence electrons. The molecule has 1 N–H and O–H groups in total. The Morgan fingerprint density at radius 1 is 1.47 bits per heavy atom. The lowest BCUT2D eigenvalue weighted by molar-refractivity contribution is -0.0882. The average Bonchev–Trinajstić information content (AvgIpc) is 2.60. The molecule has 0 unspecified atom stereocenters. The first kappa shape index (κ1) is 8.82. The Morgan fingerprint density at radius 2 is 2.33 bits per heavy atom. The van der Waals surface area contributed by atoms with E-state index in [-0.39, 0.29) is 12.0 Å². The Labute approximate surface area is 86.3 Å².